The van der Waals surface area contributed by atoms with Gasteiger partial charge in [-0.05, 0) is 25.1 Å². The van der Waals surface area contributed by atoms with Crippen molar-refractivity contribution in [1.82, 2.24) is 10.6 Å². The molecule has 1 aliphatic heterocycles. The fourth-order valence-electron chi connectivity index (χ4n) is 2.12. The van der Waals surface area contributed by atoms with Crippen molar-refractivity contribution in [3.8, 4) is 0 Å². The molecule has 0 unspecified atom stereocenters. The molecule has 0 bridgehead atoms. The van der Waals surface area contributed by atoms with Crippen LogP contribution in [-0.2, 0) is 24.3 Å². The number of carbonyl (C=O) groups is 3. The lowest BCUT2D eigenvalue weighted by molar-refractivity contribution is -0.138. The Labute approximate surface area is 159 Å². The zero-order chi connectivity index (χ0) is 20.2. The highest BCUT2D eigenvalue weighted by atomic mass is 35.5. The number of primary sulfonamides is 1. The van der Waals surface area contributed by atoms with Gasteiger partial charge in [-0.1, -0.05) is 11.6 Å². The third-order valence-corrected chi connectivity index (χ3v) is 4.65. The Kier molecular flexibility index (Phi) is 6.41. The molecule has 1 heterocycles. The Hall–Kier alpha value is -2.63. The van der Waals surface area contributed by atoms with E-state index in [1.165, 1.54) is 6.07 Å². The molecule has 0 radical (unpaired) electrons. The highest BCUT2D eigenvalue weighted by Gasteiger charge is 2.25. The number of amides is 2. The molecule has 1 aliphatic rings. The number of carbonyl (C=O) groups excluding carboxylic acids is 3. The molecule has 27 heavy (non-hydrogen) atoms. The summed E-state index contributed by atoms with van der Waals surface area (Å²) in [6.45, 7) is 1.18. The van der Waals surface area contributed by atoms with E-state index in [-0.39, 0.29) is 39.9 Å². The standard InChI is InChI=1S/C15H16ClN3O7S/c1-2-25-14(21)10-6-18-15(22)19-12(10)7-26-13(20)9-5-8(27(17,23)24)3-4-11(9)16/h3-5H,2,6-7H2,1H3,(H2,17,23,24)(H2,18,19,22). The van der Waals surface area contributed by atoms with E-state index in [9.17, 15) is 22.8 Å². The first-order valence-corrected chi connectivity index (χ1v) is 9.49. The third kappa shape index (κ3) is 5.18. The van der Waals surface area contributed by atoms with Gasteiger partial charge in [-0.3, -0.25) is 0 Å². The summed E-state index contributed by atoms with van der Waals surface area (Å²) in [6.07, 6.45) is 0. The summed E-state index contributed by atoms with van der Waals surface area (Å²) in [5.41, 5.74) is -0.0976. The maximum atomic E-state index is 12.3. The van der Waals surface area contributed by atoms with Crippen molar-refractivity contribution in [1.29, 1.82) is 0 Å². The van der Waals surface area contributed by atoms with Gasteiger partial charge in [0.25, 0.3) is 0 Å². The van der Waals surface area contributed by atoms with Crippen LogP contribution in [0.15, 0.2) is 34.4 Å². The highest BCUT2D eigenvalue weighted by molar-refractivity contribution is 7.89. The molecule has 1 aromatic carbocycles. The topological polar surface area (TPSA) is 154 Å². The number of nitrogens with two attached hydrogens (primary N) is 1. The number of sulfonamides is 1. The number of esters is 2. The number of halogens is 1. The summed E-state index contributed by atoms with van der Waals surface area (Å²) in [6, 6.07) is 2.72. The van der Waals surface area contributed by atoms with Crippen molar-refractivity contribution in [2.75, 3.05) is 19.8 Å². The summed E-state index contributed by atoms with van der Waals surface area (Å²) >= 11 is 5.90. The number of benzene rings is 1. The highest BCUT2D eigenvalue weighted by Crippen LogP contribution is 2.21. The van der Waals surface area contributed by atoms with Gasteiger partial charge in [-0.25, -0.2) is 27.9 Å². The summed E-state index contributed by atoms with van der Waals surface area (Å²) in [4.78, 5) is 35.3. The Balaban J connectivity index is 2.22. The average molecular weight is 418 g/mol. The molecule has 0 saturated heterocycles. The zero-order valence-electron chi connectivity index (χ0n) is 14.1. The Morgan fingerprint density at radius 3 is 2.59 bits per heavy atom. The fourth-order valence-corrected chi connectivity index (χ4v) is 2.86. The first-order valence-electron chi connectivity index (χ1n) is 7.57. The lowest BCUT2D eigenvalue weighted by Crippen LogP contribution is -2.45. The largest absolute Gasteiger partial charge is 0.463 e. The minimum Gasteiger partial charge on any atom is -0.463 e. The SMILES string of the molecule is CCOC(=O)C1=C(COC(=O)c2cc(S(N)(=O)=O)ccc2Cl)NC(=O)NC1. The van der Waals surface area contributed by atoms with E-state index in [1.807, 2.05) is 0 Å². The van der Waals surface area contributed by atoms with Crippen molar-refractivity contribution in [3.05, 3.63) is 40.1 Å². The van der Waals surface area contributed by atoms with Crippen molar-refractivity contribution in [3.63, 3.8) is 0 Å². The average Bonchev–Trinajstić information content (AvgIpc) is 2.59. The van der Waals surface area contributed by atoms with Gasteiger partial charge in [0, 0.05) is 0 Å². The molecule has 0 atom stereocenters. The second kappa shape index (κ2) is 8.37. The van der Waals surface area contributed by atoms with Gasteiger partial charge in [0.05, 0.1) is 39.9 Å². The second-order valence-electron chi connectivity index (χ2n) is 5.25. The molecule has 2 rings (SSSR count). The van der Waals surface area contributed by atoms with E-state index in [2.05, 4.69) is 10.6 Å². The van der Waals surface area contributed by atoms with Crippen LogP contribution < -0.4 is 15.8 Å². The molecule has 4 N–H and O–H groups in total. The van der Waals surface area contributed by atoms with Crippen molar-refractivity contribution < 1.29 is 32.3 Å². The molecule has 12 heteroatoms. The van der Waals surface area contributed by atoms with Crippen LogP contribution in [0.2, 0.25) is 5.02 Å². The first kappa shape index (κ1) is 20.7. The van der Waals surface area contributed by atoms with E-state index in [4.69, 9.17) is 26.2 Å². The molecule has 0 spiro atoms. The third-order valence-electron chi connectivity index (χ3n) is 3.41. The molecule has 10 nitrogen and oxygen atoms in total. The normalized spacial score (nSPS) is 14.3. The molecule has 146 valence electrons. The Morgan fingerprint density at radius 1 is 1.26 bits per heavy atom. The van der Waals surface area contributed by atoms with E-state index in [0.717, 1.165) is 12.1 Å². The monoisotopic (exact) mass is 417 g/mol. The number of nitrogens with one attached hydrogen (secondary N) is 2. The molecule has 1 aromatic rings. The van der Waals surface area contributed by atoms with E-state index >= 15 is 0 Å². The van der Waals surface area contributed by atoms with E-state index < -0.39 is 34.6 Å². The van der Waals surface area contributed by atoms with Crippen molar-refractivity contribution >= 4 is 39.6 Å². The maximum absolute atomic E-state index is 12.3. The number of ether oxygens (including phenoxy) is 2. The lowest BCUT2D eigenvalue weighted by atomic mass is 10.1. The lowest BCUT2D eigenvalue weighted by Gasteiger charge is -2.21. The predicted molar refractivity (Wildman–Crippen MR) is 93.3 cm³/mol. The second-order valence-corrected chi connectivity index (χ2v) is 7.22. The Bertz CT molecular complexity index is 927. The van der Waals surface area contributed by atoms with Crippen LogP contribution in [0.5, 0.6) is 0 Å². The molecule has 0 aliphatic carbocycles. The number of rotatable bonds is 6. The van der Waals surface area contributed by atoms with Gasteiger partial charge >= 0.3 is 18.0 Å². The van der Waals surface area contributed by atoms with Gasteiger partial charge in [0.1, 0.15) is 6.61 Å². The number of urea groups is 1. The van der Waals surface area contributed by atoms with Gasteiger partial charge in [0.2, 0.25) is 10.0 Å². The molecule has 0 fully saturated rings. The quantitative estimate of drug-likeness (QED) is 0.561. The maximum Gasteiger partial charge on any atom is 0.340 e. The summed E-state index contributed by atoms with van der Waals surface area (Å²) in [7, 11) is -4.05. The van der Waals surface area contributed by atoms with Gasteiger partial charge in [0.15, 0.2) is 0 Å². The van der Waals surface area contributed by atoms with E-state index in [1.54, 1.807) is 6.92 Å². The molecular formula is C15H16ClN3O7S. The molecule has 2 amide bonds. The predicted octanol–water partition coefficient (Wildman–Crippen LogP) is 0.274. The van der Waals surface area contributed by atoms with Crippen LogP contribution in [-0.4, -0.2) is 46.1 Å². The molecule has 0 saturated carbocycles. The summed E-state index contributed by atoms with van der Waals surface area (Å²) in [5.74, 6) is -1.64. The first-order chi connectivity index (χ1) is 12.6. The van der Waals surface area contributed by atoms with Crippen LogP contribution >= 0.6 is 11.6 Å². The smallest absolute Gasteiger partial charge is 0.340 e. The summed E-state index contributed by atoms with van der Waals surface area (Å²) in [5, 5.41) is 9.74. The fraction of sp³-hybridized carbons (Fsp3) is 0.267. The minimum atomic E-state index is -4.05. The van der Waals surface area contributed by atoms with Gasteiger partial charge in [-0.15, -0.1) is 0 Å². The van der Waals surface area contributed by atoms with E-state index in [0.29, 0.717) is 0 Å². The minimum absolute atomic E-state index is 0.0456. The molecular weight excluding hydrogens is 402 g/mol. The zero-order valence-corrected chi connectivity index (χ0v) is 15.6. The van der Waals surface area contributed by atoms with Crippen molar-refractivity contribution in [2.24, 2.45) is 5.14 Å². The van der Waals surface area contributed by atoms with Crippen LogP contribution in [0.4, 0.5) is 4.79 Å². The van der Waals surface area contributed by atoms with Crippen LogP contribution in [0.1, 0.15) is 17.3 Å². The number of hydrogen-bond acceptors (Lipinski definition) is 7. The van der Waals surface area contributed by atoms with Crippen LogP contribution in [0.3, 0.4) is 0 Å². The van der Waals surface area contributed by atoms with Crippen LogP contribution in [0, 0.1) is 0 Å². The van der Waals surface area contributed by atoms with Crippen molar-refractivity contribution in [2.45, 2.75) is 11.8 Å². The van der Waals surface area contributed by atoms with Crippen LogP contribution in [0.25, 0.3) is 0 Å². The summed E-state index contributed by atoms with van der Waals surface area (Å²) < 4.78 is 32.8. The van der Waals surface area contributed by atoms with Gasteiger partial charge in [-0.2, -0.15) is 0 Å². The number of hydrogen-bond donors (Lipinski definition) is 3. The van der Waals surface area contributed by atoms with Gasteiger partial charge < -0.3 is 20.1 Å². The molecule has 0 aromatic heterocycles. The Morgan fingerprint density at radius 2 is 1.96 bits per heavy atom.